The molecule has 1 aromatic carbocycles. The Hall–Kier alpha value is -1.19. The van der Waals surface area contributed by atoms with Gasteiger partial charge in [0.25, 0.3) is 0 Å². The lowest BCUT2D eigenvalue weighted by Gasteiger charge is -2.07. The average Bonchev–Trinajstić information content (AvgIpc) is 2.35. The summed E-state index contributed by atoms with van der Waals surface area (Å²) in [4.78, 5) is 16.1. The quantitative estimate of drug-likeness (QED) is 0.791. The number of Topliss-reactive ketones (excluding diaryl/α,β-unsaturated/α-hetero) is 1. The summed E-state index contributed by atoms with van der Waals surface area (Å²) in [7, 11) is 0. The topological polar surface area (TPSA) is 30.0 Å². The molecule has 0 aliphatic heterocycles. The fourth-order valence-electron chi connectivity index (χ4n) is 1.73. The fourth-order valence-corrected chi connectivity index (χ4v) is 2.28. The maximum atomic E-state index is 12.2. The molecule has 1 aromatic heterocycles. The lowest BCUT2D eigenvalue weighted by Crippen LogP contribution is -2.06. The van der Waals surface area contributed by atoms with E-state index in [1.807, 2.05) is 25.1 Å². The number of benzene rings is 1. The van der Waals surface area contributed by atoms with Gasteiger partial charge in [-0.15, -0.1) is 0 Å². The number of nitrogens with zero attached hydrogens (tertiary/aromatic N) is 1. The number of ketones is 1. The summed E-state index contributed by atoms with van der Waals surface area (Å²) in [6, 6.07) is 7.38. The van der Waals surface area contributed by atoms with E-state index in [0.717, 1.165) is 21.2 Å². The van der Waals surface area contributed by atoms with Crippen LogP contribution in [0.2, 0.25) is 5.02 Å². The first-order valence-electron chi connectivity index (χ1n) is 5.46. The van der Waals surface area contributed by atoms with Crippen molar-refractivity contribution in [2.24, 2.45) is 0 Å². The molecule has 0 fully saturated rings. The zero-order valence-corrected chi connectivity index (χ0v) is 12.1. The van der Waals surface area contributed by atoms with Crippen molar-refractivity contribution in [2.45, 2.75) is 13.3 Å². The molecule has 0 unspecified atom stereocenters. The summed E-state index contributed by atoms with van der Waals surface area (Å²) in [5, 5.41) is 0.526. The Kier molecular flexibility index (Phi) is 4.15. The minimum atomic E-state index is 0.0573. The lowest BCUT2D eigenvalue weighted by atomic mass is 10.00. The summed E-state index contributed by atoms with van der Waals surface area (Å²) in [5.74, 6) is 0.0573. The van der Waals surface area contributed by atoms with Gasteiger partial charge >= 0.3 is 0 Å². The monoisotopic (exact) mass is 323 g/mol. The standard InChI is InChI=1S/C14H11BrClNO/c1-9-11(3-2-4-12(9)15)14(18)7-10-5-6-17-8-13(10)16/h2-6,8H,7H2,1H3. The van der Waals surface area contributed by atoms with Crippen LogP contribution in [-0.2, 0) is 6.42 Å². The Morgan fingerprint density at radius 3 is 2.89 bits per heavy atom. The Morgan fingerprint density at radius 2 is 2.17 bits per heavy atom. The first-order chi connectivity index (χ1) is 8.59. The van der Waals surface area contributed by atoms with E-state index in [1.165, 1.54) is 0 Å². The van der Waals surface area contributed by atoms with E-state index in [-0.39, 0.29) is 5.78 Å². The first-order valence-corrected chi connectivity index (χ1v) is 6.63. The van der Waals surface area contributed by atoms with Crippen LogP contribution in [0.15, 0.2) is 41.1 Å². The van der Waals surface area contributed by atoms with Crippen LogP contribution < -0.4 is 0 Å². The van der Waals surface area contributed by atoms with Gasteiger partial charge in [-0.2, -0.15) is 0 Å². The van der Waals surface area contributed by atoms with Crippen LogP contribution in [0, 0.1) is 6.92 Å². The van der Waals surface area contributed by atoms with Crippen LogP contribution >= 0.6 is 27.5 Å². The van der Waals surface area contributed by atoms with E-state index >= 15 is 0 Å². The molecule has 0 saturated heterocycles. The summed E-state index contributed by atoms with van der Waals surface area (Å²) in [6.07, 6.45) is 3.48. The third-order valence-electron chi connectivity index (χ3n) is 2.78. The summed E-state index contributed by atoms with van der Waals surface area (Å²) in [6.45, 7) is 1.92. The molecule has 4 heteroatoms. The van der Waals surface area contributed by atoms with Crippen molar-refractivity contribution < 1.29 is 4.79 Å². The normalized spacial score (nSPS) is 10.4. The van der Waals surface area contributed by atoms with Gasteiger partial charge in [-0.05, 0) is 30.2 Å². The maximum Gasteiger partial charge on any atom is 0.167 e. The molecular formula is C14H11BrClNO. The molecule has 0 bridgehead atoms. The van der Waals surface area contributed by atoms with Crippen LogP contribution in [0.3, 0.4) is 0 Å². The predicted molar refractivity (Wildman–Crippen MR) is 76.2 cm³/mol. The van der Waals surface area contributed by atoms with Crippen molar-refractivity contribution in [1.29, 1.82) is 0 Å². The number of carbonyl (C=O) groups excluding carboxylic acids is 1. The summed E-state index contributed by atoms with van der Waals surface area (Å²) in [5.41, 5.74) is 2.47. The molecule has 0 saturated carbocycles. The Balaban J connectivity index is 2.28. The van der Waals surface area contributed by atoms with Gasteiger partial charge in [-0.25, -0.2) is 0 Å². The minimum Gasteiger partial charge on any atom is -0.294 e. The van der Waals surface area contributed by atoms with Crippen molar-refractivity contribution in [3.05, 3.63) is 62.8 Å². The third kappa shape index (κ3) is 2.79. The van der Waals surface area contributed by atoms with Gasteiger partial charge in [0.05, 0.1) is 5.02 Å². The average molecular weight is 325 g/mol. The molecule has 2 rings (SSSR count). The molecule has 0 aliphatic carbocycles. The van der Waals surface area contributed by atoms with E-state index in [2.05, 4.69) is 20.9 Å². The zero-order valence-electron chi connectivity index (χ0n) is 9.78. The Labute approximate surface area is 119 Å². The van der Waals surface area contributed by atoms with Crippen molar-refractivity contribution in [3.8, 4) is 0 Å². The molecule has 0 radical (unpaired) electrons. The number of hydrogen-bond acceptors (Lipinski definition) is 2. The van der Waals surface area contributed by atoms with Gasteiger partial charge in [0.2, 0.25) is 0 Å². The van der Waals surface area contributed by atoms with Gasteiger partial charge in [-0.3, -0.25) is 9.78 Å². The SMILES string of the molecule is Cc1c(Br)cccc1C(=O)Cc1ccncc1Cl. The molecule has 0 atom stereocenters. The molecule has 92 valence electrons. The smallest absolute Gasteiger partial charge is 0.167 e. The fraction of sp³-hybridized carbons (Fsp3) is 0.143. The van der Waals surface area contributed by atoms with E-state index in [9.17, 15) is 4.79 Å². The molecule has 0 amide bonds. The zero-order chi connectivity index (χ0) is 13.1. The van der Waals surface area contributed by atoms with E-state index < -0.39 is 0 Å². The van der Waals surface area contributed by atoms with Gasteiger partial charge in [0.1, 0.15) is 0 Å². The second-order valence-corrected chi connectivity index (χ2v) is 5.24. The second kappa shape index (κ2) is 5.63. The molecule has 0 aliphatic rings. The highest BCUT2D eigenvalue weighted by atomic mass is 79.9. The number of aromatic nitrogens is 1. The van der Waals surface area contributed by atoms with Crippen molar-refractivity contribution in [2.75, 3.05) is 0 Å². The number of hydrogen-bond donors (Lipinski definition) is 0. The highest BCUT2D eigenvalue weighted by molar-refractivity contribution is 9.10. The van der Waals surface area contributed by atoms with Crippen LogP contribution in [0.5, 0.6) is 0 Å². The van der Waals surface area contributed by atoms with Crippen LogP contribution in [0.1, 0.15) is 21.5 Å². The summed E-state index contributed by atoms with van der Waals surface area (Å²) < 4.78 is 0.939. The Bertz CT molecular complexity index is 598. The van der Waals surface area contributed by atoms with E-state index in [0.29, 0.717) is 11.4 Å². The van der Waals surface area contributed by atoms with Crippen molar-refractivity contribution in [1.82, 2.24) is 4.98 Å². The molecule has 0 spiro atoms. The van der Waals surface area contributed by atoms with Crippen LogP contribution in [0.25, 0.3) is 0 Å². The second-order valence-electron chi connectivity index (χ2n) is 3.98. The van der Waals surface area contributed by atoms with E-state index in [1.54, 1.807) is 18.5 Å². The third-order valence-corrected chi connectivity index (χ3v) is 3.97. The molecule has 2 aromatic rings. The van der Waals surface area contributed by atoms with Crippen molar-refractivity contribution >= 4 is 33.3 Å². The lowest BCUT2D eigenvalue weighted by molar-refractivity contribution is 0.0992. The summed E-state index contributed by atoms with van der Waals surface area (Å²) >= 11 is 9.43. The van der Waals surface area contributed by atoms with Crippen LogP contribution in [0.4, 0.5) is 0 Å². The van der Waals surface area contributed by atoms with Gasteiger partial charge in [0.15, 0.2) is 5.78 Å². The maximum absolute atomic E-state index is 12.2. The van der Waals surface area contributed by atoms with Crippen LogP contribution in [-0.4, -0.2) is 10.8 Å². The van der Waals surface area contributed by atoms with E-state index in [4.69, 9.17) is 11.6 Å². The van der Waals surface area contributed by atoms with Gasteiger partial charge in [0, 0.05) is 28.9 Å². The molecular weight excluding hydrogens is 314 g/mol. The number of halogens is 2. The predicted octanol–water partition coefficient (Wildman–Crippen LogP) is 4.23. The minimum absolute atomic E-state index is 0.0573. The number of carbonyl (C=O) groups is 1. The highest BCUT2D eigenvalue weighted by Crippen LogP contribution is 2.22. The first kappa shape index (κ1) is 13.2. The van der Waals surface area contributed by atoms with Gasteiger partial charge in [-0.1, -0.05) is 39.7 Å². The number of rotatable bonds is 3. The number of pyridine rings is 1. The highest BCUT2D eigenvalue weighted by Gasteiger charge is 2.13. The molecule has 0 N–H and O–H groups in total. The molecule has 2 nitrogen and oxygen atoms in total. The molecule has 18 heavy (non-hydrogen) atoms. The van der Waals surface area contributed by atoms with Crippen molar-refractivity contribution in [3.63, 3.8) is 0 Å². The Morgan fingerprint density at radius 1 is 1.39 bits per heavy atom. The van der Waals surface area contributed by atoms with Gasteiger partial charge < -0.3 is 0 Å². The molecule has 1 heterocycles. The largest absolute Gasteiger partial charge is 0.294 e.